The maximum atomic E-state index is 8.68. The summed E-state index contributed by atoms with van der Waals surface area (Å²) in [5, 5.41) is 11.8. The largest absolute Gasteiger partial charge is 0.409 e. The third kappa shape index (κ3) is 3.14. The molecule has 0 amide bonds. The van der Waals surface area contributed by atoms with Gasteiger partial charge in [0.15, 0.2) is 0 Å². The van der Waals surface area contributed by atoms with Crippen LogP contribution in [0.4, 0.5) is 0 Å². The second-order valence-electron chi connectivity index (χ2n) is 5.54. The summed E-state index contributed by atoms with van der Waals surface area (Å²) in [6.07, 6.45) is 5.73. The first-order valence-corrected chi connectivity index (χ1v) is 7.19. The van der Waals surface area contributed by atoms with Crippen LogP contribution in [0.25, 0.3) is 0 Å². The molecule has 3 N–H and O–H groups in total. The van der Waals surface area contributed by atoms with Crippen LogP contribution >= 0.6 is 0 Å². The molecule has 0 aromatic carbocycles. The molecule has 0 bridgehead atoms. The van der Waals surface area contributed by atoms with Gasteiger partial charge in [-0.1, -0.05) is 12.1 Å². The van der Waals surface area contributed by atoms with Gasteiger partial charge in [0.25, 0.3) is 0 Å². The Labute approximate surface area is 110 Å². The first kappa shape index (κ1) is 13.6. The lowest BCUT2D eigenvalue weighted by Crippen LogP contribution is -2.40. The first-order chi connectivity index (χ1) is 8.74. The monoisotopic (exact) mass is 254 g/mol. The predicted octanol–water partition coefficient (Wildman–Crippen LogP) is 1.07. The minimum atomic E-state index is 0.353. The molecule has 2 aliphatic heterocycles. The first-order valence-electron chi connectivity index (χ1n) is 7.19. The highest BCUT2D eigenvalue weighted by Gasteiger charge is 2.32. The molecule has 0 saturated carbocycles. The number of hydrogen-bond donors (Lipinski definition) is 2. The number of amidine groups is 1. The van der Waals surface area contributed by atoms with Gasteiger partial charge >= 0.3 is 0 Å². The number of nitrogens with zero attached hydrogens (tertiary/aromatic N) is 3. The van der Waals surface area contributed by atoms with Crippen LogP contribution in [0.3, 0.4) is 0 Å². The molecule has 2 aliphatic rings. The number of likely N-dealkylation sites (tertiary alicyclic amines) is 2. The molecule has 5 heteroatoms. The molecule has 0 aromatic rings. The fourth-order valence-electron chi connectivity index (χ4n) is 3.32. The molecule has 18 heavy (non-hydrogen) atoms. The number of nitrogens with two attached hydrogens (primary N) is 1. The van der Waals surface area contributed by atoms with Gasteiger partial charge in [-0.2, -0.15) is 0 Å². The summed E-state index contributed by atoms with van der Waals surface area (Å²) in [5.41, 5.74) is 5.64. The van der Waals surface area contributed by atoms with E-state index in [2.05, 4.69) is 21.9 Å². The van der Waals surface area contributed by atoms with E-state index in [4.69, 9.17) is 10.9 Å². The van der Waals surface area contributed by atoms with Crippen molar-refractivity contribution >= 4 is 5.84 Å². The van der Waals surface area contributed by atoms with Crippen molar-refractivity contribution in [1.82, 2.24) is 9.80 Å². The Morgan fingerprint density at radius 2 is 2.11 bits per heavy atom. The lowest BCUT2D eigenvalue weighted by molar-refractivity contribution is 0.197. The van der Waals surface area contributed by atoms with E-state index >= 15 is 0 Å². The van der Waals surface area contributed by atoms with Gasteiger partial charge in [0.1, 0.15) is 5.84 Å². The number of rotatable bonds is 5. The molecule has 2 saturated heterocycles. The Balaban J connectivity index is 1.85. The fraction of sp³-hybridized carbons (Fsp3) is 0.923. The van der Waals surface area contributed by atoms with Crippen LogP contribution in [-0.4, -0.2) is 59.1 Å². The zero-order valence-electron chi connectivity index (χ0n) is 11.4. The summed E-state index contributed by atoms with van der Waals surface area (Å²) in [6.45, 7) is 7.03. The lowest BCUT2D eigenvalue weighted by atomic mass is 10.1. The van der Waals surface area contributed by atoms with Gasteiger partial charge in [0, 0.05) is 31.6 Å². The van der Waals surface area contributed by atoms with Gasteiger partial charge in [0.05, 0.1) is 0 Å². The molecule has 5 nitrogen and oxygen atoms in total. The number of hydrogen-bond acceptors (Lipinski definition) is 4. The molecule has 0 aliphatic carbocycles. The highest BCUT2D eigenvalue weighted by Crippen LogP contribution is 2.23. The molecule has 2 rings (SSSR count). The van der Waals surface area contributed by atoms with E-state index in [9.17, 15) is 0 Å². The van der Waals surface area contributed by atoms with Crippen molar-refractivity contribution < 1.29 is 5.21 Å². The zero-order valence-corrected chi connectivity index (χ0v) is 11.4. The molecule has 2 heterocycles. The molecule has 104 valence electrons. The quantitative estimate of drug-likeness (QED) is 0.333. The Kier molecular flexibility index (Phi) is 4.83. The Morgan fingerprint density at radius 3 is 2.72 bits per heavy atom. The highest BCUT2D eigenvalue weighted by molar-refractivity contribution is 5.80. The standard InChI is InChI=1S/C13H26N4O/c1-2-11(9-13(14)15-18)17-8-5-12(10-17)16-6-3-4-7-16/h11-12,18H,2-10H2,1H3,(H2,14,15). The van der Waals surface area contributed by atoms with Crippen LogP contribution in [-0.2, 0) is 0 Å². The van der Waals surface area contributed by atoms with Crippen LogP contribution in [0.5, 0.6) is 0 Å². The van der Waals surface area contributed by atoms with E-state index in [0.717, 1.165) is 25.6 Å². The molecular formula is C13H26N4O. The molecule has 2 unspecified atom stereocenters. The van der Waals surface area contributed by atoms with Crippen LogP contribution in [0.1, 0.15) is 39.0 Å². The summed E-state index contributed by atoms with van der Waals surface area (Å²) in [5.74, 6) is 0.353. The Hall–Kier alpha value is -0.810. The summed E-state index contributed by atoms with van der Waals surface area (Å²) in [6, 6.07) is 1.15. The molecule has 0 radical (unpaired) electrons. The van der Waals surface area contributed by atoms with Crippen molar-refractivity contribution in [3.63, 3.8) is 0 Å². The maximum Gasteiger partial charge on any atom is 0.140 e. The fourth-order valence-corrected chi connectivity index (χ4v) is 3.32. The average Bonchev–Trinajstić information content (AvgIpc) is 3.05. The number of oxime groups is 1. The van der Waals surface area contributed by atoms with E-state index in [-0.39, 0.29) is 0 Å². The van der Waals surface area contributed by atoms with E-state index in [0.29, 0.717) is 18.3 Å². The normalized spacial score (nSPS) is 28.9. The minimum Gasteiger partial charge on any atom is -0.409 e. The van der Waals surface area contributed by atoms with Crippen molar-refractivity contribution in [1.29, 1.82) is 0 Å². The molecule has 2 atom stereocenters. The topological polar surface area (TPSA) is 65.1 Å². The van der Waals surface area contributed by atoms with Crippen LogP contribution in [0.15, 0.2) is 5.16 Å². The Morgan fingerprint density at radius 1 is 1.39 bits per heavy atom. The van der Waals surface area contributed by atoms with Crippen molar-refractivity contribution in [2.24, 2.45) is 10.9 Å². The third-order valence-electron chi connectivity index (χ3n) is 4.41. The summed E-state index contributed by atoms with van der Waals surface area (Å²) in [4.78, 5) is 5.15. The molecular weight excluding hydrogens is 228 g/mol. The van der Waals surface area contributed by atoms with Gasteiger partial charge in [-0.05, 0) is 38.8 Å². The molecule has 0 spiro atoms. The van der Waals surface area contributed by atoms with E-state index < -0.39 is 0 Å². The second-order valence-corrected chi connectivity index (χ2v) is 5.54. The van der Waals surface area contributed by atoms with Crippen molar-refractivity contribution in [2.75, 3.05) is 26.2 Å². The minimum absolute atomic E-state index is 0.353. The summed E-state index contributed by atoms with van der Waals surface area (Å²) >= 11 is 0. The molecule has 2 fully saturated rings. The van der Waals surface area contributed by atoms with E-state index in [1.165, 1.54) is 32.4 Å². The van der Waals surface area contributed by atoms with Gasteiger partial charge < -0.3 is 10.9 Å². The van der Waals surface area contributed by atoms with Gasteiger partial charge in [0.2, 0.25) is 0 Å². The summed E-state index contributed by atoms with van der Waals surface area (Å²) < 4.78 is 0. The van der Waals surface area contributed by atoms with Gasteiger partial charge in [-0.25, -0.2) is 0 Å². The van der Waals surface area contributed by atoms with Gasteiger partial charge in [-0.3, -0.25) is 9.80 Å². The van der Waals surface area contributed by atoms with E-state index in [1.807, 2.05) is 0 Å². The van der Waals surface area contributed by atoms with Crippen LogP contribution in [0, 0.1) is 0 Å². The highest BCUT2D eigenvalue weighted by atomic mass is 16.4. The van der Waals surface area contributed by atoms with Crippen LogP contribution < -0.4 is 5.73 Å². The zero-order chi connectivity index (χ0) is 13.0. The SMILES string of the molecule is CCC(CC(N)=NO)N1CCC(N2CCCC2)C1. The van der Waals surface area contributed by atoms with Crippen molar-refractivity contribution in [2.45, 2.75) is 51.1 Å². The van der Waals surface area contributed by atoms with Gasteiger partial charge in [-0.15, -0.1) is 0 Å². The maximum absolute atomic E-state index is 8.68. The summed E-state index contributed by atoms with van der Waals surface area (Å²) in [7, 11) is 0. The second kappa shape index (κ2) is 6.38. The smallest absolute Gasteiger partial charge is 0.140 e. The lowest BCUT2D eigenvalue weighted by Gasteiger charge is -2.28. The van der Waals surface area contributed by atoms with E-state index in [1.54, 1.807) is 0 Å². The Bertz CT molecular complexity index is 289. The average molecular weight is 254 g/mol. The molecule has 0 aromatic heterocycles. The van der Waals surface area contributed by atoms with Crippen LogP contribution in [0.2, 0.25) is 0 Å². The predicted molar refractivity (Wildman–Crippen MR) is 72.9 cm³/mol. The van der Waals surface area contributed by atoms with Crippen molar-refractivity contribution in [3.05, 3.63) is 0 Å². The van der Waals surface area contributed by atoms with Crippen molar-refractivity contribution in [3.8, 4) is 0 Å². The third-order valence-corrected chi connectivity index (χ3v) is 4.41.